The molecule has 4 heteroatoms. The number of aryl methyl sites for hydroxylation is 1. The third-order valence-corrected chi connectivity index (χ3v) is 4.04. The van der Waals surface area contributed by atoms with Crippen molar-refractivity contribution < 1.29 is 9.53 Å². The molecule has 1 saturated heterocycles. The van der Waals surface area contributed by atoms with Crippen LogP contribution in [0.15, 0.2) is 24.3 Å². The molecule has 1 aliphatic heterocycles. The van der Waals surface area contributed by atoms with Crippen molar-refractivity contribution in [1.29, 1.82) is 0 Å². The fourth-order valence-corrected chi connectivity index (χ4v) is 3.06. The van der Waals surface area contributed by atoms with Crippen LogP contribution in [0.4, 0.5) is 0 Å². The second kappa shape index (κ2) is 7.05. The molecule has 0 bridgehead atoms. The maximum atomic E-state index is 12.6. The number of carbonyl (C=O) groups excluding carboxylic acids is 1. The van der Waals surface area contributed by atoms with E-state index in [0.717, 1.165) is 18.4 Å². The van der Waals surface area contributed by atoms with Crippen LogP contribution in [0, 0.1) is 6.92 Å². The molecule has 1 aromatic carbocycles. The van der Waals surface area contributed by atoms with E-state index in [0.29, 0.717) is 6.61 Å². The molecule has 0 aromatic heterocycles. The first-order valence-corrected chi connectivity index (χ1v) is 7.72. The Labute approximate surface area is 127 Å². The van der Waals surface area contributed by atoms with Gasteiger partial charge in [0.2, 0.25) is 5.91 Å². The van der Waals surface area contributed by atoms with Crippen molar-refractivity contribution in [1.82, 2.24) is 10.2 Å². The minimum atomic E-state index is -0.147. The van der Waals surface area contributed by atoms with Crippen molar-refractivity contribution in [2.45, 2.75) is 51.9 Å². The van der Waals surface area contributed by atoms with Gasteiger partial charge in [0.1, 0.15) is 6.17 Å². The van der Waals surface area contributed by atoms with Gasteiger partial charge in [-0.1, -0.05) is 43.2 Å². The molecule has 21 heavy (non-hydrogen) atoms. The molecule has 0 spiro atoms. The van der Waals surface area contributed by atoms with Crippen molar-refractivity contribution in [3.8, 4) is 0 Å². The van der Waals surface area contributed by atoms with E-state index in [1.807, 2.05) is 17.9 Å². The van der Waals surface area contributed by atoms with Crippen LogP contribution in [0.5, 0.6) is 0 Å². The van der Waals surface area contributed by atoms with Gasteiger partial charge in [-0.25, -0.2) is 0 Å². The molecule has 0 aliphatic carbocycles. The van der Waals surface area contributed by atoms with Gasteiger partial charge in [-0.3, -0.25) is 10.1 Å². The lowest BCUT2D eigenvalue weighted by atomic mass is 10.1. The predicted octanol–water partition coefficient (Wildman–Crippen LogP) is 2.63. The molecule has 1 heterocycles. The quantitative estimate of drug-likeness (QED) is 0.875. The average molecular weight is 290 g/mol. The van der Waals surface area contributed by atoms with Gasteiger partial charge in [0.25, 0.3) is 0 Å². The molecule has 0 radical (unpaired) electrons. The molecular weight excluding hydrogens is 264 g/mol. The van der Waals surface area contributed by atoms with Crippen LogP contribution in [0.3, 0.4) is 0 Å². The SMILES string of the molecule is CCCC(COC)N1C(=O)C(C)NC1c1cccc(C)c1. The Morgan fingerprint density at radius 1 is 1.43 bits per heavy atom. The Morgan fingerprint density at radius 3 is 2.81 bits per heavy atom. The molecule has 0 saturated carbocycles. The molecule has 3 unspecified atom stereocenters. The summed E-state index contributed by atoms with van der Waals surface area (Å²) in [6.45, 7) is 6.73. The lowest BCUT2D eigenvalue weighted by Crippen LogP contribution is -2.42. The number of amides is 1. The Bertz CT molecular complexity index is 483. The molecule has 4 nitrogen and oxygen atoms in total. The third-order valence-electron chi connectivity index (χ3n) is 4.04. The van der Waals surface area contributed by atoms with Crippen LogP contribution in [-0.4, -0.2) is 36.6 Å². The molecule has 1 N–H and O–H groups in total. The molecule has 1 amide bonds. The highest BCUT2D eigenvalue weighted by Gasteiger charge is 2.40. The number of benzene rings is 1. The van der Waals surface area contributed by atoms with E-state index in [9.17, 15) is 4.79 Å². The number of rotatable bonds is 6. The molecule has 1 aliphatic rings. The molecule has 2 rings (SSSR count). The van der Waals surface area contributed by atoms with E-state index in [2.05, 4.69) is 37.4 Å². The minimum absolute atomic E-state index is 0.0564. The second-order valence-electron chi connectivity index (χ2n) is 5.85. The summed E-state index contributed by atoms with van der Waals surface area (Å²) >= 11 is 0. The lowest BCUT2D eigenvalue weighted by Gasteiger charge is -2.32. The van der Waals surface area contributed by atoms with Crippen LogP contribution in [0.2, 0.25) is 0 Å². The molecule has 1 fully saturated rings. The smallest absolute Gasteiger partial charge is 0.241 e. The topological polar surface area (TPSA) is 41.6 Å². The maximum Gasteiger partial charge on any atom is 0.241 e. The Morgan fingerprint density at radius 2 is 2.19 bits per heavy atom. The lowest BCUT2D eigenvalue weighted by molar-refractivity contribution is -0.133. The zero-order valence-corrected chi connectivity index (χ0v) is 13.4. The predicted molar refractivity (Wildman–Crippen MR) is 83.9 cm³/mol. The normalized spacial score (nSPS) is 23.6. The Balaban J connectivity index is 2.31. The van der Waals surface area contributed by atoms with Crippen LogP contribution in [-0.2, 0) is 9.53 Å². The maximum absolute atomic E-state index is 12.6. The fourth-order valence-electron chi connectivity index (χ4n) is 3.06. The van der Waals surface area contributed by atoms with Gasteiger partial charge >= 0.3 is 0 Å². The van der Waals surface area contributed by atoms with Crippen molar-refractivity contribution >= 4 is 5.91 Å². The first-order chi connectivity index (χ1) is 10.1. The molecule has 3 atom stereocenters. The first kappa shape index (κ1) is 16.0. The molecule has 116 valence electrons. The summed E-state index contributed by atoms with van der Waals surface area (Å²) in [4.78, 5) is 14.6. The average Bonchev–Trinajstić information content (AvgIpc) is 2.75. The number of ether oxygens (including phenoxy) is 1. The third kappa shape index (κ3) is 3.44. The van der Waals surface area contributed by atoms with E-state index in [1.54, 1.807) is 7.11 Å². The monoisotopic (exact) mass is 290 g/mol. The van der Waals surface area contributed by atoms with Crippen molar-refractivity contribution in [2.75, 3.05) is 13.7 Å². The van der Waals surface area contributed by atoms with Crippen molar-refractivity contribution in [2.24, 2.45) is 0 Å². The summed E-state index contributed by atoms with van der Waals surface area (Å²) in [5.74, 6) is 0.164. The summed E-state index contributed by atoms with van der Waals surface area (Å²) in [7, 11) is 1.70. The van der Waals surface area contributed by atoms with Crippen LogP contribution in [0.1, 0.15) is 44.0 Å². The first-order valence-electron chi connectivity index (χ1n) is 7.72. The minimum Gasteiger partial charge on any atom is -0.383 e. The van der Waals surface area contributed by atoms with Gasteiger partial charge in [-0.15, -0.1) is 0 Å². The fraction of sp³-hybridized carbons (Fsp3) is 0.588. The summed E-state index contributed by atoms with van der Waals surface area (Å²) in [6, 6.07) is 8.32. The van der Waals surface area contributed by atoms with E-state index >= 15 is 0 Å². The highest BCUT2D eigenvalue weighted by molar-refractivity contribution is 5.84. The van der Waals surface area contributed by atoms with Gasteiger partial charge in [0, 0.05) is 7.11 Å². The van der Waals surface area contributed by atoms with Gasteiger partial charge < -0.3 is 9.64 Å². The Kier molecular flexibility index (Phi) is 5.37. The number of hydrogen-bond acceptors (Lipinski definition) is 3. The van der Waals surface area contributed by atoms with Gasteiger partial charge in [-0.05, 0) is 25.8 Å². The second-order valence-corrected chi connectivity index (χ2v) is 5.85. The standard InChI is InChI=1S/C17H26N2O2/c1-5-7-15(11-21-4)19-16(18-13(3)17(19)20)14-9-6-8-12(2)10-14/h6,8-10,13,15-16,18H,5,7,11H2,1-4H3. The van der Waals surface area contributed by atoms with E-state index in [4.69, 9.17) is 4.74 Å². The van der Waals surface area contributed by atoms with Crippen molar-refractivity contribution in [3.05, 3.63) is 35.4 Å². The van der Waals surface area contributed by atoms with Gasteiger partial charge in [0.15, 0.2) is 0 Å². The Hall–Kier alpha value is -1.39. The van der Waals surface area contributed by atoms with Gasteiger partial charge in [0.05, 0.1) is 18.7 Å². The van der Waals surface area contributed by atoms with Gasteiger partial charge in [-0.2, -0.15) is 0 Å². The van der Waals surface area contributed by atoms with Crippen LogP contribution >= 0.6 is 0 Å². The number of nitrogens with one attached hydrogen (secondary N) is 1. The summed E-state index contributed by atoms with van der Waals surface area (Å²) in [5, 5.41) is 3.42. The van der Waals surface area contributed by atoms with Crippen LogP contribution in [0.25, 0.3) is 0 Å². The molecular formula is C17H26N2O2. The van der Waals surface area contributed by atoms with E-state index < -0.39 is 0 Å². The number of nitrogens with zero attached hydrogens (tertiary/aromatic N) is 1. The molecule has 1 aromatic rings. The van der Waals surface area contributed by atoms with E-state index in [1.165, 1.54) is 5.56 Å². The zero-order chi connectivity index (χ0) is 15.4. The van der Waals surface area contributed by atoms with E-state index in [-0.39, 0.29) is 24.2 Å². The number of hydrogen-bond donors (Lipinski definition) is 1. The highest BCUT2D eigenvalue weighted by atomic mass is 16.5. The zero-order valence-electron chi connectivity index (χ0n) is 13.4. The highest BCUT2D eigenvalue weighted by Crippen LogP contribution is 2.29. The largest absolute Gasteiger partial charge is 0.383 e. The summed E-state index contributed by atoms with van der Waals surface area (Å²) < 4.78 is 5.34. The summed E-state index contributed by atoms with van der Waals surface area (Å²) in [6.07, 6.45) is 1.93. The van der Waals surface area contributed by atoms with Crippen molar-refractivity contribution in [3.63, 3.8) is 0 Å². The van der Waals surface area contributed by atoms with Crippen LogP contribution < -0.4 is 5.32 Å². The number of methoxy groups -OCH3 is 1. The summed E-state index contributed by atoms with van der Waals surface area (Å²) in [5.41, 5.74) is 2.35. The number of carbonyl (C=O) groups is 1.